The summed E-state index contributed by atoms with van der Waals surface area (Å²) in [6, 6.07) is -0.629. The molecule has 0 bridgehead atoms. The van der Waals surface area contributed by atoms with Crippen LogP contribution in [0.3, 0.4) is 0 Å². The van der Waals surface area contributed by atoms with E-state index in [-0.39, 0.29) is 11.6 Å². The molecule has 7 nitrogen and oxygen atoms in total. The predicted octanol–water partition coefficient (Wildman–Crippen LogP) is 0.201. The Morgan fingerprint density at radius 2 is 1.95 bits per heavy atom. The number of aryl methyl sites for hydroxylation is 2. The Bertz CT molecular complexity index is 507. The van der Waals surface area contributed by atoms with Crippen LogP contribution < -0.4 is 16.4 Å². The molecule has 0 fully saturated rings. The van der Waals surface area contributed by atoms with Crippen molar-refractivity contribution in [3.05, 3.63) is 11.4 Å². The zero-order chi connectivity index (χ0) is 15.4. The molecule has 1 aromatic heterocycles. The zero-order valence-corrected chi connectivity index (χ0v) is 12.7. The van der Waals surface area contributed by atoms with Crippen molar-refractivity contribution in [2.24, 2.45) is 13.0 Å². The van der Waals surface area contributed by atoms with Gasteiger partial charge in [0.25, 0.3) is 5.91 Å². The van der Waals surface area contributed by atoms with Crippen LogP contribution in [0.5, 0.6) is 0 Å². The molecule has 1 atom stereocenters. The highest BCUT2D eigenvalue weighted by atomic mass is 16.2. The van der Waals surface area contributed by atoms with E-state index >= 15 is 0 Å². The van der Waals surface area contributed by atoms with Crippen LogP contribution in [0.15, 0.2) is 0 Å². The molecule has 0 aliphatic heterocycles. The monoisotopic (exact) mass is 281 g/mol. The number of aromatic nitrogens is 2. The number of carbonyl (C=O) groups excluding carboxylic acids is 2. The van der Waals surface area contributed by atoms with Gasteiger partial charge in [0.2, 0.25) is 5.91 Å². The van der Waals surface area contributed by atoms with Crippen LogP contribution in [0, 0.1) is 12.8 Å². The Morgan fingerprint density at radius 3 is 2.40 bits per heavy atom. The fraction of sp³-hybridized carbons (Fsp3) is 0.615. The highest BCUT2D eigenvalue weighted by Gasteiger charge is 2.22. The van der Waals surface area contributed by atoms with E-state index in [0.717, 1.165) is 0 Å². The number of amides is 2. The van der Waals surface area contributed by atoms with Crippen molar-refractivity contribution in [1.82, 2.24) is 20.4 Å². The Morgan fingerprint density at radius 1 is 1.35 bits per heavy atom. The lowest BCUT2D eigenvalue weighted by Crippen LogP contribution is -2.46. The molecule has 0 spiro atoms. The average Bonchev–Trinajstić information content (AvgIpc) is 2.59. The van der Waals surface area contributed by atoms with Crippen molar-refractivity contribution in [1.29, 1.82) is 0 Å². The maximum absolute atomic E-state index is 12.1. The van der Waals surface area contributed by atoms with Crippen molar-refractivity contribution < 1.29 is 9.59 Å². The van der Waals surface area contributed by atoms with Gasteiger partial charge in [0.15, 0.2) is 0 Å². The maximum atomic E-state index is 12.1. The Balaban J connectivity index is 2.68. The standard InChI is InChI=1S/C13H23N5O2/c1-7(2)6-15-12(19)9(4)16-13(20)11-10(14)8(3)17-18(11)5/h7,9H,6,14H2,1-5H3,(H,15,19)(H,16,20). The number of hydrogen-bond donors (Lipinski definition) is 3. The molecule has 0 aliphatic rings. The lowest BCUT2D eigenvalue weighted by Gasteiger charge is -2.15. The summed E-state index contributed by atoms with van der Waals surface area (Å²) >= 11 is 0. The molecular weight excluding hydrogens is 258 g/mol. The molecule has 0 radical (unpaired) electrons. The summed E-state index contributed by atoms with van der Waals surface area (Å²) in [7, 11) is 1.64. The topological polar surface area (TPSA) is 102 Å². The van der Waals surface area contributed by atoms with Crippen molar-refractivity contribution in [3.63, 3.8) is 0 Å². The summed E-state index contributed by atoms with van der Waals surface area (Å²) in [6.45, 7) is 7.94. The van der Waals surface area contributed by atoms with Gasteiger partial charge < -0.3 is 16.4 Å². The lowest BCUT2D eigenvalue weighted by molar-refractivity contribution is -0.122. The second-order valence-electron chi connectivity index (χ2n) is 5.31. The van der Waals surface area contributed by atoms with Crippen LogP contribution in [-0.4, -0.2) is 34.2 Å². The van der Waals surface area contributed by atoms with Crippen molar-refractivity contribution in [2.75, 3.05) is 12.3 Å². The maximum Gasteiger partial charge on any atom is 0.272 e. The van der Waals surface area contributed by atoms with Crippen molar-refractivity contribution in [2.45, 2.75) is 33.7 Å². The Labute approximate surface area is 118 Å². The molecule has 1 heterocycles. The van der Waals surface area contributed by atoms with Crippen LogP contribution in [-0.2, 0) is 11.8 Å². The third-order valence-corrected chi connectivity index (χ3v) is 2.91. The van der Waals surface area contributed by atoms with Gasteiger partial charge in [-0.2, -0.15) is 5.10 Å². The highest BCUT2D eigenvalue weighted by Crippen LogP contribution is 2.14. The quantitative estimate of drug-likeness (QED) is 0.717. The number of nitrogens with one attached hydrogen (secondary N) is 2. The molecule has 1 rings (SSSR count). The number of hydrogen-bond acceptors (Lipinski definition) is 4. The van der Waals surface area contributed by atoms with Crippen LogP contribution >= 0.6 is 0 Å². The van der Waals surface area contributed by atoms with E-state index in [9.17, 15) is 9.59 Å². The molecule has 0 saturated heterocycles. The number of anilines is 1. The third-order valence-electron chi connectivity index (χ3n) is 2.91. The number of nitrogens with zero attached hydrogens (tertiary/aromatic N) is 2. The second kappa shape index (κ2) is 6.40. The van der Waals surface area contributed by atoms with Gasteiger partial charge in [-0.15, -0.1) is 0 Å². The summed E-state index contributed by atoms with van der Waals surface area (Å²) in [5, 5.41) is 9.46. The van der Waals surface area contributed by atoms with Gasteiger partial charge in [0.1, 0.15) is 11.7 Å². The number of nitrogen functional groups attached to an aromatic ring is 1. The molecule has 0 saturated carbocycles. The molecule has 0 aromatic carbocycles. The van der Waals surface area contributed by atoms with Crippen molar-refractivity contribution in [3.8, 4) is 0 Å². The highest BCUT2D eigenvalue weighted by molar-refractivity contribution is 6.00. The summed E-state index contributed by atoms with van der Waals surface area (Å²) < 4.78 is 1.42. The van der Waals surface area contributed by atoms with E-state index < -0.39 is 11.9 Å². The van der Waals surface area contributed by atoms with Crippen LogP contribution in [0.1, 0.15) is 37.0 Å². The molecule has 7 heteroatoms. The van der Waals surface area contributed by atoms with Gasteiger partial charge in [0, 0.05) is 13.6 Å². The van der Waals surface area contributed by atoms with Gasteiger partial charge in [-0.3, -0.25) is 14.3 Å². The summed E-state index contributed by atoms with van der Waals surface area (Å²) in [5.74, 6) is -0.264. The Hall–Kier alpha value is -2.05. The van der Waals surface area contributed by atoms with E-state index in [4.69, 9.17) is 5.73 Å². The first kappa shape index (κ1) is 16.0. The van der Waals surface area contributed by atoms with E-state index in [0.29, 0.717) is 23.8 Å². The molecule has 0 aliphatic carbocycles. The normalized spacial score (nSPS) is 12.3. The molecule has 112 valence electrons. The second-order valence-corrected chi connectivity index (χ2v) is 5.31. The minimum Gasteiger partial charge on any atom is -0.395 e. The molecule has 2 amide bonds. The molecule has 1 aromatic rings. The molecule has 20 heavy (non-hydrogen) atoms. The smallest absolute Gasteiger partial charge is 0.272 e. The molecular formula is C13H23N5O2. The predicted molar refractivity (Wildman–Crippen MR) is 77.1 cm³/mol. The lowest BCUT2D eigenvalue weighted by atomic mass is 10.2. The van der Waals surface area contributed by atoms with Crippen LogP contribution in [0.4, 0.5) is 5.69 Å². The van der Waals surface area contributed by atoms with E-state index in [1.54, 1.807) is 20.9 Å². The molecule has 4 N–H and O–H groups in total. The van der Waals surface area contributed by atoms with Gasteiger partial charge in [-0.05, 0) is 19.8 Å². The van der Waals surface area contributed by atoms with Crippen LogP contribution in [0.25, 0.3) is 0 Å². The zero-order valence-electron chi connectivity index (χ0n) is 12.7. The van der Waals surface area contributed by atoms with E-state index in [1.807, 2.05) is 13.8 Å². The minimum absolute atomic E-state index is 0.218. The fourth-order valence-corrected chi connectivity index (χ4v) is 1.73. The summed E-state index contributed by atoms with van der Waals surface area (Å²) in [6.07, 6.45) is 0. The molecule has 1 unspecified atom stereocenters. The number of rotatable bonds is 5. The first-order valence-electron chi connectivity index (χ1n) is 6.61. The average molecular weight is 281 g/mol. The van der Waals surface area contributed by atoms with Gasteiger partial charge in [-0.25, -0.2) is 0 Å². The third kappa shape index (κ3) is 3.72. The van der Waals surface area contributed by atoms with Gasteiger partial charge in [-0.1, -0.05) is 13.8 Å². The SMILES string of the molecule is Cc1nn(C)c(C(=O)NC(C)C(=O)NCC(C)C)c1N. The Kier molecular flexibility index (Phi) is 5.12. The van der Waals surface area contributed by atoms with E-state index in [1.165, 1.54) is 4.68 Å². The van der Waals surface area contributed by atoms with Gasteiger partial charge in [0.05, 0.1) is 11.4 Å². The first-order chi connectivity index (χ1) is 9.23. The summed E-state index contributed by atoms with van der Waals surface area (Å²) in [4.78, 5) is 23.9. The van der Waals surface area contributed by atoms with Gasteiger partial charge >= 0.3 is 0 Å². The van der Waals surface area contributed by atoms with E-state index in [2.05, 4.69) is 15.7 Å². The van der Waals surface area contributed by atoms with Crippen molar-refractivity contribution >= 4 is 17.5 Å². The minimum atomic E-state index is -0.629. The summed E-state index contributed by atoms with van der Waals surface area (Å²) in [5.41, 5.74) is 7.00. The van der Waals surface area contributed by atoms with Crippen LogP contribution in [0.2, 0.25) is 0 Å². The number of nitrogens with two attached hydrogens (primary N) is 1. The fourth-order valence-electron chi connectivity index (χ4n) is 1.73. The largest absolute Gasteiger partial charge is 0.395 e. The first-order valence-corrected chi connectivity index (χ1v) is 6.61. The number of carbonyl (C=O) groups is 2.